The van der Waals surface area contributed by atoms with E-state index in [0.717, 1.165) is 11.1 Å². The molecule has 3 rings (SSSR count). The van der Waals surface area contributed by atoms with Gasteiger partial charge in [0, 0.05) is 24.8 Å². The van der Waals surface area contributed by atoms with E-state index in [1.807, 2.05) is 38.1 Å². The van der Waals surface area contributed by atoms with Crippen LogP contribution in [0, 0.1) is 11.8 Å². The first kappa shape index (κ1) is 24.5. The van der Waals surface area contributed by atoms with E-state index in [1.165, 1.54) is 11.1 Å². The van der Waals surface area contributed by atoms with Gasteiger partial charge in [-0.05, 0) is 41.0 Å². The first-order valence-electron chi connectivity index (χ1n) is 11.4. The first-order valence-corrected chi connectivity index (χ1v) is 11.4. The third-order valence-electron chi connectivity index (χ3n) is 6.09. The molecule has 33 heavy (non-hydrogen) atoms. The Morgan fingerprint density at radius 2 is 1.58 bits per heavy atom. The number of Topliss-reactive ketones (excluding diaryl/α,β-unsaturated/α-hetero) is 1. The van der Waals surface area contributed by atoms with Crippen molar-refractivity contribution in [2.24, 2.45) is 23.3 Å². The lowest BCUT2D eigenvalue weighted by atomic mass is 9.90. The number of hydrogen-bond donors (Lipinski definition) is 3. The molecule has 5 N–H and O–H groups in total. The molecule has 0 radical (unpaired) electrons. The number of alkyl carbamates (subject to hydrolysis) is 1. The van der Waals surface area contributed by atoms with Crippen LogP contribution in [0.25, 0.3) is 11.1 Å². The van der Waals surface area contributed by atoms with Crippen molar-refractivity contribution >= 4 is 17.8 Å². The van der Waals surface area contributed by atoms with Gasteiger partial charge in [0.25, 0.3) is 0 Å². The van der Waals surface area contributed by atoms with Crippen LogP contribution < -0.4 is 16.8 Å². The van der Waals surface area contributed by atoms with Gasteiger partial charge in [0.15, 0.2) is 0 Å². The summed E-state index contributed by atoms with van der Waals surface area (Å²) in [4.78, 5) is 36.2. The number of fused-ring (bicyclic) bond motifs is 3. The summed E-state index contributed by atoms with van der Waals surface area (Å²) in [5.74, 6) is -0.992. The maximum atomic E-state index is 12.4. The van der Waals surface area contributed by atoms with Crippen molar-refractivity contribution in [1.82, 2.24) is 5.32 Å². The summed E-state index contributed by atoms with van der Waals surface area (Å²) in [5, 5.41) is 2.66. The fourth-order valence-electron chi connectivity index (χ4n) is 4.40. The van der Waals surface area contributed by atoms with Crippen molar-refractivity contribution < 1.29 is 19.1 Å². The van der Waals surface area contributed by atoms with Crippen LogP contribution in [0.3, 0.4) is 0 Å². The number of hydrogen-bond acceptors (Lipinski definition) is 5. The fourth-order valence-corrected chi connectivity index (χ4v) is 4.40. The molecule has 176 valence electrons. The number of amides is 2. The van der Waals surface area contributed by atoms with Gasteiger partial charge < -0.3 is 21.5 Å². The Morgan fingerprint density at radius 1 is 1.00 bits per heavy atom. The van der Waals surface area contributed by atoms with Crippen molar-refractivity contribution in [3.05, 3.63) is 59.7 Å². The zero-order valence-electron chi connectivity index (χ0n) is 19.3. The highest BCUT2D eigenvalue weighted by Gasteiger charge is 2.29. The molecule has 2 aromatic rings. The highest BCUT2D eigenvalue weighted by Crippen LogP contribution is 2.44. The number of ether oxygens (including phenoxy) is 1. The minimum Gasteiger partial charge on any atom is -0.449 e. The molecule has 0 unspecified atom stereocenters. The van der Waals surface area contributed by atoms with E-state index in [9.17, 15) is 14.4 Å². The topological polar surface area (TPSA) is 125 Å². The second-order valence-electron chi connectivity index (χ2n) is 9.05. The van der Waals surface area contributed by atoms with Crippen LogP contribution in [0.4, 0.5) is 4.79 Å². The molecule has 7 nitrogen and oxygen atoms in total. The Hall–Kier alpha value is -3.19. The summed E-state index contributed by atoms with van der Waals surface area (Å²) < 4.78 is 5.48. The monoisotopic (exact) mass is 451 g/mol. The largest absolute Gasteiger partial charge is 0.449 e. The summed E-state index contributed by atoms with van der Waals surface area (Å²) in [7, 11) is 0. The highest BCUT2D eigenvalue weighted by molar-refractivity contribution is 5.89. The number of ketones is 1. The molecular formula is C26H33N3O4. The van der Waals surface area contributed by atoms with Crippen molar-refractivity contribution in [3.8, 4) is 11.1 Å². The molecule has 2 atom stereocenters. The van der Waals surface area contributed by atoms with Gasteiger partial charge in [-0.2, -0.15) is 0 Å². The molecule has 0 saturated heterocycles. The van der Waals surface area contributed by atoms with Crippen LogP contribution in [-0.4, -0.2) is 37.0 Å². The molecule has 0 aliphatic heterocycles. The normalized spacial score (nSPS) is 14.3. The summed E-state index contributed by atoms with van der Waals surface area (Å²) in [6, 6.07) is 15.5. The number of rotatable bonds is 11. The quantitative estimate of drug-likeness (QED) is 0.483. The highest BCUT2D eigenvalue weighted by atomic mass is 16.5. The van der Waals surface area contributed by atoms with Crippen molar-refractivity contribution in [2.45, 2.75) is 45.1 Å². The molecule has 2 amide bonds. The van der Waals surface area contributed by atoms with E-state index >= 15 is 0 Å². The Labute approximate surface area is 194 Å². The first-order chi connectivity index (χ1) is 15.8. The SMILES string of the molecule is CC(C)C[C@H](CC(=O)[C@@H](N)CCNC(=O)OCC1c2ccccc2-c2ccccc21)C(N)=O. The average molecular weight is 452 g/mol. The molecule has 0 saturated carbocycles. The number of nitrogens with two attached hydrogens (primary N) is 2. The van der Waals surface area contributed by atoms with E-state index in [1.54, 1.807) is 0 Å². The maximum Gasteiger partial charge on any atom is 0.407 e. The van der Waals surface area contributed by atoms with Crippen LogP contribution in [0.2, 0.25) is 0 Å². The van der Waals surface area contributed by atoms with Gasteiger partial charge in [0.1, 0.15) is 12.4 Å². The van der Waals surface area contributed by atoms with Crippen LogP contribution >= 0.6 is 0 Å². The molecule has 7 heteroatoms. The third kappa shape index (κ3) is 6.20. The summed E-state index contributed by atoms with van der Waals surface area (Å²) in [6.45, 7) is 4.37. The van der Waals surface area contributed by atoms with Crippen molar-refractivity contribution in [3.63, 3.8) is 0 Å². The lowest BCUT2D eigenvalue weighted by molar-refractivity contribution is -0.128. The number of carbonyl (C=O) groups excluding carboxylic acids is 3. The van der Waals surface area contributed by atoms with Crippen molar-refractivity contribution in [2.75, 3.05) is 13.2 Å². The molecule has 0 bridgehead atoms. The minimum absolute atomic E-state index is 0.0151. The van der Waals surface area contributed by atoms with Gasteiger partial charge in [-0.25, -0.2) is 4.79 Å². The van der Waals surface area contributed by atoms with Gasteiger partial charge in [-0.1, -0.05) is 62.4 Å². The second-order valence-corrected chi connectivity index (χ2v) is 9.05. The number of benzene rings is 2. The maximum absolute atomic E-state index is 12.4. The van der Waals surface area contributed by atoms with Crippen LogP contribution in [0.1, 0.15) is 50.2 Å². The zero-order valence-corrected chi connectivity index (χ0v) is 19.3. The number of primary amides is 1. The molecule has 2 aromatic carbocycles. The molecule has 1 aliphatic rings. The van der Waals surface area contributed by atoms with E-state index in [-0.39, 0.29) is 43.6 Å². The van der Waals surface area contributed by atoms with E-state index in [2.05, 4.69) is 29.6 Å². The Kier molecular flexibility index (Phi) is 8.22. The predicted octanol–water partition coefficient (Wildman–Crippen LogP) is 3.35. The average Bonchev–Trinajstić information content (AvgIpc) is 3.10. The van der Waals surface area contributed by atoms with E-state index < -0.39 is 24.0 Å². The molecule has 0 spiro atoms. The fraction of sp³-hybridized carbons (Fsp3) is 0.423. The molecule has 0 aromatic heterocycles. The molecule has 0 fully saturated rings. The Bertz CT molecular complexity index is 959. The van der Waals surface area contributed by atoms with Gasteiger partial charge in [0.05, 0.1) is 6.04 Å². The van der Waals surface area contributed by atoms with Gasteiger partial charge in [0.2, 0.25) is 5.91 Å². The second kappa shape index (κ2) is 11.1. The molecule has 0 heterocycles. The van der Waals surface area contributed by atoms with Gasteiger partial charge in [-0.3, -0.25) is 9.59 Å². The predicted molar refractivity (Wildman–Crippen MR) is 127 cm³/mol. The standard InChI is InChI=1S/C26H33N3O4/c1-16(2)13-17(25(28)31)14-24(30)23(27)11-12-29-26(32)33-15-22-20-9-5-3-7-18(20)19-8-4-6-10-21(19)22/h3-10,16-17,22-23H,11-15,27H2,1-2H3,(H2,28,31)(H,29,32)/t17-,23+/m1/s1. The third-order valence-corrected chi connectivity index (χ3v) is 6.09. The van der Waals surface area contributed by atoms with E-state index in [4.69, 9.17) is 16.2 Å². The van der Waals surface area contributed by atoms with Crippen LogP contribution in [0.15, 0.2) is 48.5 Å². The number of carbonyl (C=O) groups is 3. The molecule has 1 aliphatic carbocycles. The lowest BCUT2D eigenvalue weighted by Gasteiger charge is -2.18. The smallest absolute Gasteiger partial charge is 0.407 e. The summed E-state index contributed by atoms with van der Waals surface area (Å²) in [5.41, 5.74) is 16.0. The van der Waals surface area contributed by atoms with Crippen molar-refractivity contribution in [1.29, 1.82) is 0 Å². The molecular weight excluding hydrogens is 418 g/mol. The van der Waals surface area contributed by atoms with Crippen LogP contribution in [-0.2, 0) is 14.3 Å². The minimum atomic E-state index is -0.770. The zero-order chi connectivity index (χ0) is 24.0. The summed E-state index contributed by atoms with van der Waals surface area (Å²) >= 11 is 0. The number of nitrogens with one attached hydrogen (secondary N) is 1. The Balaban J connectivity index is 1.46. The Morgan fingerprint density at radius 3 is 2.12 bits per heavy atom. The van der Waals surface area contributed by atoms with E-state index in [0.29, 0.717) is 6.42 Å². The van der Waals surface area contributed by atoms with Crippen LogP contribution in [0.5, 0.6) is 0 Å². The van der Waals surface area contributed by atoms with Gasteiger partial charge in [-0.15, -0.1) is 0 Å². The van der Waals surface area contributed by atoms with Gasteiger partial charge >= 0.3 is 6.09 Å². The lowest BCUT2D eigenvalue weighted by Crippen LogP contribution is -2.38. The summed E-state index contributed by atoms with van der Waals surface area (Å²) in [6.07, 6.45) is 0.285.